The van der Waals surface area contributed by atoms with Crippen LogP contribution in [0.5, 0.6) is 0 Å². The van der Waals surface area contributed by atoms with E-state index in [1.807, 2.05) is 18.2 Å². The van der Waals surface area contributed by atoms with Crippen LogP contribution < -0.4 is 4.90 Å². The van der Waals surface area contributed by atoms with Crippen LogP contribution in [-0.2, 0) is 6.42 Å². The lowest BCUT2D eigenvalue weighted by Crippen LogP contribution is -2.22. The highest BCUT2D eigenvalue weighted by Crippen LogP contribution is 2.39. The first-order valence-electron chi connectivity index (χ1n) is 8.87. The van der Waals surface area contributed by atoms with Crippen LogP contribution in [0.4, 0.5) is 5.69 Å². The lowest BCUT2D eigenvalue weighted by Gasteiger charge is -2.27. The van der Waals surface area contributed by atoms with Crippen molar-refractivity contribution in [3.63, 3.8) is 0 Å². The Hall–Kier alpha value is -3.59. The molecule has 2 aromatic carbocycles. The first-order chi connectivity index (χ1) is 13.2. The quantitative estimate of drug-likeness (QED) is 0.595. The average Bonchev–Trinajstić information content (AvgIpc) is 3.44. The van der Waals surface area contributed by atoms with Crippen LogP contribution in [0.25, 0.3) is 22.4 Å². The maximum atomic E-state index is 9.13. The minimum absolute atomic E-state index is 0.297. The van der Waals surface area contributed by atoms with Gasteiger partial charge in [0.1, 0.15) is 5.69 Å². The van der Waals surface area contributed by atoms with Gasteiger partial charge in [0.2, 0.25) is 0 Å². The Morgan fingerprint density at radius 1 is 1.26 bits per heavy atom. The van der Waals surface area contributed by atoms with E-state index < -0.39 is 0 Å². The number of aromatic nitrogens is 3. The number of oxazole rings is 1. The second-order valence-corrected chi connectivity index (χ2v) is 6.86. The molecular weight excluding hydrogens is 338 g/mol. The summed E-state index contributed by atoms with van der Waals surface area (Å²) in [4.78, 5) is 6.29. The first kappa shape index (κ1) is 15.6. The molecule has 5 rings (SSSR count). The van der Waals surface area contributed by atoms with Crippen LogP contribution in [0.1, 0.15) is 29.2 Å². The number of anilines is 1. The molecule has 1 aliphatic carbocycles. The molecule has 1 aliphatic rings. The van der Waals surface area contributed by atoms with Gasteiger partial charge in [0.25, 0.3) is 0 Å². The molecule has 6 nitrogen and oxygen atoms in total. The zero-order valence-electron chi connectivity index (χ0n) is 14.8. The van der Waals surface area contributed by atoms with Crippen LogP contribution in [0.2, 0.25) is 0 Å². The van der Waals surface area contributed by atoms with E-state index in [0.717, 1.165) is 40.7 Å². The molecule has 0 bridgehead atoms. The summed E-state index contributed by atoms with van der Waals surface area (Å²) < 4.78 is 5.42. The number of hydrogen-bond acceptors (Lipinski definition) is 5. The molecule has 0 fully saturated rings. The summed E-state index contributed by atoms with van der Waals surface area (Å²) >= 11 is 0. The van der Waals surface area contributed by atoms with Gasteiger partial charge in [-0.3, -0.25) is 5.10 Å². The maximum absolute atomic E-state index is 9.13. The van der Waals surface area contributed by atoms with E-state index >= 15 is 0 Å². The average molecular weight is 355 g/mol. The Morgan fingerprint density at radius 2 is 2.19 bits per heavy atom. The molecule has 1 N–H and O–H groups in total. The normalized spacial score (nSPS) is 15.6. The molecule has 2 heterocycles. The van der Waals surface area contributed by atoms with Gasteiger partial charge in [-0.05, 0) is 54.3 Å². The van der Waals surface area contributed by atoms with Gasteiger partial charge in [0.05, 0.1) is 29.4 Å². The van der Waals surface area contributed by atoms with Crippen LogP contribution >= 0.6 is 0 Å². The number of benzene rings is 2. The third-order valence-electron chi connectivity index (χ3n) is 5.41. The van der Waals surface area contributed by atoms with E-state index in [1.165, 1.54) is 17.5 Å². The summed E-state index contributed by atoms with van der Waals surface area (Å²) in [6, 6.07) is 14.8. The number of fused-ring (bicyclic) bond motifs is 2. The predicted octanol–water partition coefficient (Wildman–Crippen LogP) is 4.21. The minimum atomic E-state index is 0.297. The number of nitrogens with zero attached hydrogens (tertiary/aromatic N) is 4. The van der Waals surface area contributed by atoms with E-state index in [0.29, 0.717) is 11.8 Å². The molecule has 0 aliphatic heterocycles. The summed E-state index contributed by atoms with van der Waals surface area (Å²) in [5, 5.41) is 17.6. The molecule has 0 unspecified atom stereocenters. The topological polar surface area (TPSA) is 81.7 Å². The van der Waals surface area contributed by atoms with Crippen molar-refractivity contribution < 1.29 is 4.42 Å². The molecule has 132 valence electrons. The molecule has 2 aromatic heterocycles. The zero-order valence-corrected chi connectivity index (χ0v) is 14.8. The maximum Gasteiger partial charge on any atom is 0.181 e. The van der Waals surface area contributed by atoms with Gasteiger partial charge in [-0.1, -0.05) is 6.07 Å². The number of aromatic amines is 1. The highest BCUT2D eigenvalue weighted by Gasteiger charge is 2.27. The van der Waals surface area contributed by atoms with Crippen LogP contribution in [0, 0.1) is 11.3 Å². The Labute approximate surface area is 156 Å². The Kier molecular flexibility index (Phi) is 3.47. The number of hydrogen-bond donors (Lipinski definition) is 1. The number of aryl methyl sites for hydroxylation is 1. The Balaban J connectivity index is 1.53. The molecule has 27 heavy (non-hydrogen) atoms. The Bertz CT molecular complexity index is 1170. The fourth-order valence-corrected chi connectivity index (χ4v) is 3.99. The molecule has 0 radical (unpaired) electrons. The number of nitrogens with one attached hydrogen (secondary N) is 1. The van der Waals surface area contributed by atoms with Crippen molar-refractivity contribution in [2.45, 2.75) is 18.9 Å². The zero-order chi connectivity index (χ0) is 18.4. The second kappa shape index (κ2) is 5.99. The van der Waals surface area contributed by atoms with Gasteiger partial charge in [0, 0.05) is 18.1 Å². The van der Waals surface area contributed by atoms with E-state index in [4.69, 9.17) is 9.68 Å². The minimum Gasteiger partial charge on any atom is -0.442 e. The van der Waals surface area contributed by atoms with E-state index in [1.54, 1.807) is 6.20 Å². The third-order valence-corrected chi connectivity index (χ3v) is 5.41. The summed E-state index contributed by atoms with van der Waals surface area (Å²) in [6.45, 7) is 0. The number of nitriles is 1. The molecular formula is C21H17N5O. The van der Waals surface area contributed by atoms with Crippen molar-refractivity contribution in [2.24, 2.45) is 0 Å². The summed E-state index contributed by atoms with van der Waals surface area (Å²) in [7, 11) is 2.12. The molecule has 6 heteroatoms. The van der Waals surface area contributed by atoms with Gasteiger partial charge in [-0.2, -0.15) is 10.4 Å². The van der Waals surface area contributed by atoms with Crippen LogP contribution in [0.3, 0.4) is 0 Å². The lowest BCUT2D eigenvalue weighted by atomic mass is 10.0. The number of rotatable bonds is 3. The van der Waals surface area contributed by atoms with Crippen LogP contribution in [-0.4, -0.2) is 22.2 Å². The fourth-order valence-electron chi connectivity index (χ4n) is 3.99. The third kappa shape index (κ3) is 2.48. The standard InChI is InChI=1S/C21H17N5O/c1-26(19-7-3-14-8-13(10-22)2-5-16(14)19)15-4-6-18-17(9-15)21(25-24-18)20-11-23-12-27-20/h2,4-6,8-9,11-12,19H,3,7H2,1H3,(H,24,25)/t19-/m1/s1. The molecule has 0 saturated heterocycles. The predicted molar refractivity (Wildman–Crippen MR) is 102 cm³/mol. The highest BCUT2D eigenvalue weighted by atomic mass is 16.3. The van der Waals surface area contributed by atoms with Crippen molar-refractivity contribution in [1.29, 1.82) is 5.26 Å². The van der Waals surface area contributed by atoms with E-state index in [-0.39, 0.29) is 0 Å². The van der Waals surface area contributed by atoms with Gasteiger partial charge in [-0.15, -0.1) is 0 Å². The highest BCUT2D eigenvalue weighted by molar-refractivity contribution is 5.93. The van der Waals surface area contributed by atoms with Gasteiger partial charge in [0.15, 0.2) is 12.2 Å². The van der Waals surface area contributed by atoms with E-state index in [9.17, 15) is 0 Å². The van der Waals surface area contributed by atoms with Gasteiger partial charge in [-0.25, -0.2) is 4.98 Å². The molecule has 0 amide bonds. The fraction of sp³-hybridized carbons (Fsp3) is 0.190. The summed E-state index contributed by atoms with van der Waals surface area (Å²) in [5.74, 6) is 0.649. The van der Waals surface area contributed by atoms with Gasteiger partial charge >= 0.3 is 0 Å². The molecule has 1 atom stereocenters. The van der Waals surface area contributed by atoms with E-state index in [2.05, 4.69) is 51.4 Å². The van der Waals surface area contributed by atoms with Crippen LogP contribution in [0.15, 0.2) is 53.4 Å². The van der Waals surface area contributed by atoms with Crippen molar-refractivity contribution >= 4 is 16.6 Å². The monoisotopic (exact) mass is 355 g/mol. The largest absolute Gasteiger partial charge is 0.442 e. The molecule has 0 spiro atoms. The summed E-state index contributed by atoms with van der Waals surface area (Å²) in [5.41, 5.74) is 6.16. The Morgan fingerprint density at radius 3 is 3.00 bits per heavy atom. The number of H-pyrrole nitrogens is 1. The second-order valence-electron chi connectivity index (χ2n) is 6.86. The lowest BCUT2D eigenvalue weighted by molar-refractivity contribution is 0.570. The van der Waals surface area contributed by atoms with Crippen molar-refractivity contribution in [1.82, 2.24) is 15.2 Å². The van der Waals surface area contributed by atoms with Crippen molar-refractivity contribution in [3.8, 4) is 17.5 Å². The summed E-state index contributed by atoms with van der Waals surface area (Å²) in [6.07, 6.45) is 5.12. The molecule has 4 aromatic rings. The van der Waals surface area contributed by atoms with Crippen molar-refractivity contribution in [2.75, 3.05) is 11.9 Å². The molecule has 0 saturated carbocycles. The van der Waals surface area contributed by atoms with Gasteiger partial charge < -0.3 is 9.32 Å². The smallest absolute Gasteiger partial charge is 0.181 e. The first-order valence-corrected chi connectivity index (χ1v) is 8.87. The SMILES string of the molecule is CN(c1ccc2[nH]nc(-c3cnco3)c2c1)[C@@H]1CCc2cc(C#N)ccc21. The van der Waals surface area contributed by atoms with Crippen molar-refractivity contribution in [3.05, 3.63) is 65.7 Å².